The predicted molar refractivity (Wildman–Crippen MR) is 178 cm³/mol. The van der Waals surface area contributed by atoms with Gasteiger partial charge in [-0.3, -0.25) is 14.4 Å². The molecule has 0 spiro atoms. The Kier molecular flexibility index (Phi) is 10.1. The van der Waals surface area contributed by atoms with E-state index in [2.05, 4.69) is 16.0 Å². The Morgan fingerprint density at radius 3 is 2.00 bits per heavy atom. The molecule has 0 bridgehead atoms. The molecular formula is C34H28N4O6S2. The Bertz CT molecular complexity index is 1980. The molecule has 10 nitrogen and oxygen atoms in total. The Balaban J connectivity index is 1.23. The molecule has 0 aliphatic carbocycles. The number of hydrogen-bond acceptors (Lipinski definition) is 7. The zero-order chi connectivity index (χ0) is 32.5. The normalized spacial score (nSPS) is 11.5. The van der Waals surface area contributed by atoms with Crippen LogP contribution in [0.15, 0.2) is 141 Å². The van der Waals surface area contributed by atoms with E-state index < -0.39 is 21.8 Å². The van der Waals surface area contributed by atoms with Crippen molar-refractivity contribution < 1.29 is 27.2 Å². The molecule has 0 atom stereocenters. The molecule has 4 aromatic carbocycles. The Hall–Kier alpha value is -5.43. The maximum atomic E-state index is 13.4. The van der Waals surface area contributed by atoms with E-state index in [9.17, 15) is 22.8 Å². The van der Waals surface area contributed by atoms with Crippen molar-refractivity contribution in [1.82, 2.24) is 5.32 Å². The van der Waals surface area contributed by atoms with Gasteiger partial charge in [0.05, 0.1) is 10.6 Å². The molecule has 0 aliphatic rings. The maximum absolute atomic E-state index is 13.4. The first-order valence-corrected chi connectivity index (χ1v) is 16.4. The largest absolute Gasteiger partial charge is 0.457 e. The van der Waals surface area contributed by atoms with Gasteiger partial charge in [-0.25, -0.2) is 13.6 Å². The molecular weight excluding hydrogens is 625 g/mol. The summed E-state index contributed by atoms with van der Waals surface area (Å²) in [7, 11) is -3.82. The lowest BCUT2D eigenvalue weighted by atomic mass is 10.2. The van der Waals surface area contributed by atoms with Gasteiger partial charge >= 0.3 is 0 Å². The van der Waals surface area contributed by atoms with Gasteiger partial charge in [-0.05, 0) is 72.8 Å². The summed E-state index contributed by atoms with van der Waals surface area (Å²) in [5.74, 6) is -0.222. The number of carbonyl (C=O) groups excluding carboxylic acids is 3. The number of benzene rings is 4. The molecule has 0 unspecified atom stereocenters. The third-order valence-corrected chi connectivity index (χ3v) is 8.39. The van der Waals surface area contributed by atoms with Crippen molar-refractivity contribution >= 4 is 57.0 Å². The van der Waals surface area contributed by atoms with Crippen molar-refractivity contribution in [2.75, 3.05) is 16.4 Å². The van der Waals surface area contributed by atoms with E-state index in [0.29, 0.717) is 28.5 Å². The van der Waals surface area contributed by atoms with Crippen LogP contribution in [-0.2, 0) is 19.6 Å². The average Bonchev–Trinajstić information content (AvgIpc) is 3.53. The fourth-order valence-corrected chi connectivity index (χ4v) is 5.39. The molecule has 0 radical (unpaired) electrons. The number of anilines is 2. The van der Waals surface area contributed by atoms with E-state index in [1.54, 1.807) is 66.7 Å². The first-order valence-electron chi connectivity index (χ1n) is 13.8. The number of thioether (sulfide) groups is 1. The Labute approximate surface area is 269 Å². The lowest BCUT2D eigenvalue weighted by Gasteiger charge is -2.11. The third kappa shape index (κ3) is 8.82. The number of nitrogens with one attached hydrogen (secondary N) is 3. The highest BCUT2D eigenvalue weighted by molar-refractivity contribution is 8.00. The number of furan rings is 1. The Morgan fingerprint density at radius 2 is 1.35 bits per heavy atom. The fourth-order valence-electron chi connectivity index (χ4n) is 4.18. The van der Waals surface area contributed by atoms with Crippen molar-refractivity contribution in [3.05, 3.63) is 138 Å². The zero-order valence-corrected chi connectivity index (χ0v) is 25.8. The average molecular weight is 653 g/mol. The van der Waals surface area contributed by atoms with Gasteiger partial charge in [0.2, 0.25) is 15.9 Å². The molecule has 12 heteroatoms. The monoisotopic (exact) mass is 652 g/mol. The number of amides is 3. The zero-order valence-electron chi connectivity index (χ0n) is 24.2. The van der Waals surface area contributed by atoms with Gasteiger partial charge in [0.15, 0.2) is 0 Å². The van der Waals surface area contributed by atoms with Gasteiger partial charge in [-0.2, -0.15) is 0 Å². The highest BCUT2D eigenvalue weighted by Crippen LogP contribution is 2.24. The van der Waals surface area contributed by atoms with Gasteiger partial charge in [-0.1, -0.05) is 48.5 Å². The number of carbonyl (C=O) groups is 3. The van der Waals surface area contributed by atoms with Crippen molar-refractivity contribution in [2.45, 2.75) is 9.79 Å². The van der Waals surface area contributed by atoms with Gasteiger partial charge in [0.25, 0.3) is 11.8 Å². The summed E-state index contributed by atoms with van der Waals surface area (Å²) >= 11 is 1.28. The molecule has 0 saturated carbocycles. The van der Waals surface area contributed by atoms with Crippen molar-refractivity contribution in [3.8, 4) is 11.3 Å². The van der Waals surface area contributed by atoms with E-state index in [-0.39, 0.29) is 22.3 Å². The molecule has 5 N–H and O–H groups in total. The second-order valence-electron chi connectivity index (χ2n) is 9.83. The highest BCUT2D eigenvalue weighted by atomic mass is 32.2. The molecule has 1 heterocycles. The summed E-state index contributed by atoms with van der Waals surface area (Å²) in [4.78, 5) is 39.4. The molecule has 1 aromatic heterocycles. The van der Waals surface area contributed by atoms with E-state index in [1.165, 1.54) is 42.1 Å². The number of rotatable bonds is 11. The van der Waals surface area contributed by atoms with Crippen LogP contribution in [0.4, 0.5) is 11.4 Å². The molecule has 46 heavy (non-hydrogen) atoms. The maximum Gasteiger partial charge on any atom is 0.272 e. The molecule has 5 rings (SSSR count). The van der Waals surface area contributed by atoms with Gasteiger partial charge in [0.1, 0.15) is 17.2 Å². The second-order valence-corrected chi connectivity index (χ2v) is 12.4. The van der Waals surface area contributed by atoms with Crippen LogP contribution >= 0.6 is 11.8 Å². The summed E-state index contributed by atoms with van der Waals surface area (Å²) < 4.78 is 28.7. The van der Waals surface area contributed by atoms with E-state index in [1.807, 2.05) is 30.3 Å². The number of sulfonamides is 1. The molecule has 5 aromatic rings. The van der Waals surface area contributed by atoms with Crippen molar-refractivity contribution in [1.29, 1.82) is 0 Å². The van der Waals surface area contributed by atoms with Crippen LogP contribution in [-0.4, -0.2) is 31.9 Å². The fraction of sp³-hybridized carbons (Fsp3) is 0.0294. The molecule has 232 valence electrons. The van der Waals surface area contributed by atoms with Gasteiger partial charge < -0.3 is 20.4 Å². The van der Waals surface area contributed by atoms with Crippen LogP contribution in [0.1, 0.15) is 16.1 Å². The SMILES string of the molecule is NS(=O)(=O)c1ccc(NC(=O)CSc2ccc(NC(=O)C(=Cc3ccc(-c4ccccc4)o3)NC(=O)c3ccccc3)cc2)cc1. The van der Waals surface area contributed by atoms with Gasteiger partial charge in [0, 0.05) is 33.5 Å². The van der Waals surface area contributed by atoms with E-state index in [4.69, 9.17) is 9.56 Å². The summed E-state index contributed by atoms with van der Waals surface area (Å²) in [6, 6.07) is 34.0. The molecule has 3 amide bonds. The minimum atomic E-state index is -3.82. The van der Waals surface area contributed by atoms with Crippen molar-refractivity contribution in [3.63, 3.8) is 0 Å². The first-order chi connectivity index (χ1) is 22.1. The lowest BCUT2D eigenvalue weighted by Crippen LogP contribution is -2.30. The van der Waals surface area contributed by atoms with Crippen LogP contribution in [0.5, 0.6) is 0 Å². The van der Waals surface area contributed by atoms with Crippen LogP contribution in [0.3, 0.4) is 0 Å². The van der Waals surface area contributed by atoms with E-state index in [0.717, 1.165) is 10.5 Å². The lowest BCUT2D eigenvalue weighted by molar-refractivity contribution is -0.114. The second kappa shape index (κ2) is 14.6. The Morgan fingerprint density at radius 1 is 0.739 bits per heavy atom. The standard InChI is InChI=1S/C34H28N4O6S2/c35-46(42,43)29-18-13-25(14-19-29)36-32(39)22-45-28-16-11-26(12-17-28)37-34(41)30(38-33(40)24-9-5-2-6-10-24)21-27-15-20-31(44-27)23-7-3-1-4-8-23/h1-21H,22H2,(H,36,39)(H,37,41)(H,38,40)(H2,35,42,43). The quantitative estimate of drug-likeness (QED) is 0.105. The summed E-state index contributed by atoms with van der Waals surface area (Å²) in [5.41, 5.74) is 2.14. The molecule has 0 fully saturated rings. The highest BCUT2D eigenvalue weighted by Gasteiger charge is 2.17. The van der Waals surface area contributed by atoms with Crippen LogP contribution in [0, 0.1) is 0 Å². The molecule has 0 aliphatic heterocycles. The number of nitrogens with two attached hydrogens (primary N) is 1. The number of primary sulfonamides is 1. The number of hydrogen-bond donors (Lipinski definition) is 4. The minimum absolute atomic E-state index is 0.0185. The summed E-state index contributed by atoms with van der Waals surface area (Å²) in [5, 5.41) is 13.3. The minimum Gasteiger partial charge on any atom is -0.457 e. The summed E-state index contributed by atoms with van der Waals surface area (Å²) in [6.07, 6.45) is 1.47. The third-order valence-electron chi connectivity index (χ3n) is 6.45. The summed E-state index contributed by atoms with van der Waals surface area (Å²) in [6.45, 7) is 0. The van der Waals surface area contributed by atoms with Crippen molar-refractivity contribution in [2.24, 2.45) is 5.14 Å². The topological polar surface area (TPSA) is 161 Å². The van der Waals surface area contributed by atoms with Gasteiger partial charge in [-0.15, -0.1) is 11.8 Å². The van der Waals surface area contributed by atoms with E-state index >= 15 is 0 Å². The smallest absolute Gasteiger partial charge is 0.272 e. The first kappa shape index (κ1) is 32.0. The van der Waals surface area contributed by atoms with Crippen LogP contribution in [0.25, 0.3) is 17.4 Å². The van der Waals surface area contributed by atoms with Crippen LogP contribution < -0.4 is 21.1 Å². The molecule has 0 saturated heterocycles. The predicted octanol–water partition coefficient (Wildman–Crippen LogP) is 5.73. The van der Waals surface area contributed by atoms with Crippen LogP contribution in [0.2, 0.25) is 0 Å².